The molecular formula is C10H10ClIO2. The third-order valence-electron chi connectivity index (χ3n) is 1.67. The SMILES string of the molecule is COc1cc(C=CCCl)cc(I)c1O. The zero-order valence-electron chi connectivity index (χ0n) is 7.63. The Hall–Kier alpha value is -0.420. The number of hydrogen-bond acceptors (Lipinski definition) is 2. The normalized spacial score (nSPS) is 10.8. The van der Waals surface area contributed by atoms with E-state index in [9.17, 15) is 5.11 Å². The summed E-state index contributed by atoms with van der Waals surface area (Å²) in [5, 5.41) is 9.56. The van der Waals surface area contributed by atoms with Crippen molar-refractivity contribution in [2.75, 3.05) is 13.0 Å². The average molecular weight is 325 g/mol. The molecule has 0 atom stereocenters. The standard InChI is InChI=1S/C10H10ClIO2/c1-14-9-6-7(3-2-4-11)5-8(12)10(9)13/h2-3,5-6,13H,4H2,1H3. The largest absolute Gasteiger partial charge is 0.504 e. The molecule has 0 spiro atoms. The fourth-order valence-corrected chi connectivity index (χ4v) is 1.74. The van der Waals surface area contributed by atoms with Crippen LogP contribution in [0.3, 0.4) is 0 Å². The molecule has 0 radical (unpaired) electrons. The van der Waals surface area contributed by atoms with E-state index in [1.165, 1.54) is 7.11 Å². The number of aromatic hydroxyl groups is 1. The van der Waals surface area contributed by atoms with Gasteiger partial charge in [-0.3, -0.25) is 0 Å². The van der Waals surface area contributed by atoms with Crippen LogP contribution in [0.2, 0.25) is 0 Å². The third kappa shape index (κ3) is 2.78. The van der Waals surface area contributed by atoms with Crippen LogP contribution < -0.4 is 4.74 Å². The Kier molecular flexibility index (Phi) is 4.54. The first-order valence-electron chi connectivity index (χ1n) is 3.98. The van der Waals surface area contributed by atoms with Crippen LogP contribution in [0.15, 0.2) is 18.2 Å². The van der Waals surface area contributed by atoms with Gasteiger partial charge in [-0.15, -0.1) is 11.6 Å². The van der Waals surface area contributed by atoms with Crippen molar-refractivity contribution in [1.82, 2.24) is 0 Å². The van der Waals surface area contributed by atoms with Gasteiger partial charge in [0.25, 0.3) is 0 Å². The Morgan fingerprint density at radius 1 is 1.57 bits per heavy atom. The van der Waals surface area contributed by atoms with E-state index < -0.39 is 0 Å². The van der Waals surface area contributed by atoms with Crippen LogP contribution in [0.4, 0.5) is 0 Å². The van der Waals surface area contributed by atoms with E-state index in [2.05, 4.69) is 22.6 Å². The zero-order chi connectivity index (χ0) is 10.6. The van der Waals surface area contributed by atoms with Gasteiger partial charge in [-0.05, 0) is 40.3 Å². The molecule has 1 aromatic rings. The van der Waals surface area contributed by atoms with Gasteiger partial charge in [0.2, 0.25) is 0 Å². The molecule has 0 fully saturated rings. The third-order valence-corrected chi connectivity index (χ3v) is 2.67. The molecule has 0 aliphatic rings. The van der Waals surface area contributed by atoms with E-state index in [0.29, 0.717) is 11.6 Å². The second-order valence-electron chi connectivity index (χ2n) is 2.61. The molecule has 0 saturated heterocycles. The maximum absolute atomic E-state index is 9.56. The molecule has 4 heteroatoms. The highest BCUT2D eigenvalue weighted by Gasteiger charge is 2.06. The summed E-state index contributed by atoms with van der Waals surface area (Å²) in [7, 11) is 1.53. The highest BCUT2D eigenvalue weighted by Crippen LogP contribution is 2.32. The fraction of sp³-hybridized carbons (Fsp3) is 0.200. The minimum atomic E-state index is 0.177. The fourth-order valence-electron chi connectivity index (χ4n) is 1.03. The van der Waals surface area contributed by atoms with Crippen LogP contribution >= 0.6 is 34.2 Å². The van der Waals surface area contributed by atoms with Gasteiger partial charge in [-0.2, -0.15) is 0 Å². The molecule has 0 heterocycles. The number of phenolic OH excluding ortho intramolecular Hbond substituents is 1. The van der Waals surface area contributed by atoms with Crippen molar-refractivity contribution < 1.29 is 9.84 Å². The second-order valence-corrected chi connectivity index (χ2v) is 4.08. The van der Waals surface area contributed by atoms with Gasteiger partial charge in [-0.1, -0.05) is 12.2 Å². The molecule has 0 aliphatic carbocycles. The number of rotatable bonds is 3. The van der Waals surface area contributed by atoms with Crippen molar-refractivity contribution in [2.24, 2.45) is 0 Å². The van der Waals surface area contributed by atoms with Crippen LogP contribution in [-0.4, -0.2) is 18.1 Å². The number of alkyl halides is 1. The van der Waals surface area contributed by atoms with E-state index in [1.807, 2.05) is 18.2 Å². The number of phenols is 1. The topological polar surface area (TPSA) is 29.5 Å². The lowest BCUT2D eigenvalue weighted by atomic mass is 10.2. The van der Waals surface area contributed by atoms with E-state index in [4.69, 9.17) is 16.3 Å². The van der Waals surface area contributed by atoms with Crippen LogP contribution in [0.5, 0.6) is 11.5 Å². The van der Waals surface area contributed by atoms with Crippen LogP contribution in [0, 0.1) is 3.57 Å². The lowest BCUT2D eigenvalue weighted by Crippen LogP contribution is -1.87. The van der Waals surface area contributed by atoms with Crippen LogP contribution in [0.25, 0.3) is 6.08 Å². The molecule has 0 aromatic heterocycles. The Morgan fingerprint density at radius 2 is 2.29 bits per heavy atom. The Morgan fingerprint density at radius 3 is 2.86 bits per heavy atom. The summed E-state index contributed by atoms with van der Waals surface area (Å²) in [6.07, 6.45) is 3.72. The summed E-state index contributed by atoms with van der Waals surface area (Å²) in [4.78, 5) is 0. The monoisotopic (exact) mass is 324 g/mol. The van der Waals surface area contributed by atoms with Crippen molar-refractivity contribution in [3.8, 4) is 11.5 Å². The predicted octanol–water partition coefficient (Wildman–Crippen LogP) is 3.26. The molecule has 0 aliphatic heterocycles. The lowest BCUT2D eigenvalue weighted by Gasteiger charge is -2.06. The molecule has 0 bridgehead atoms. The van der Waals surface area contributed by atoms with Crippen LogP contribution in [-0.2, 0) is 0 Å². The smallest absolute Gasteiger partial charge is 0.171 e. The molecule has 0 amide bonds. The number of ether oxygens (including phenoxy) is 1. The maximum Gasteiger partial charge on any atom is 0.171 e. The molecule has 14 heavy (non-hydrogen) atoms. The lowest BCUT2D eigenvalue weighted by molar-refractivity contribution is 0.371. The van der Waals surface area contributed by atoms with Crippen molar-refractivity contribution >= 4 is 40.3 Å². The second kappa shape index (κ2) is 5.46. The predicted molar refractivity (Wildman–Crippen MR) is 67.1 cm³/mol. The van der Waals surface area contributed by atoms with Crippen molar-refractivity contribution in [3.05, 3.63) is 27.3 Å². The molecule has 0 saturated carbocycles. The van der Waals surface area contributed by atoms with E-state index >= 15 is 0 Å². The maximum atomic E-state index is 9.56. The van der Waals surface area contributed by atoms with E-state index in [1.54, 1.807) is 6.07 Å². The van der Waals surface area contributed by atoms with E-state index in [0.717, 1.165) is 9.13 Å². The first-order valence-corrected chi connectivity index (χ1v) is 5.59. The quantitative estimate of drug-likeness (QED) is 0.683. The first kappa shape index (κ1) is 11.7. The van der Waals surface area contributed by atoms with Gasteiger partial charge < -0.3 is 9.84 Å². The van der Waals surface area contributed by atoms with Crippen molar-refractivity contribution in [3.63, 3.8) is 0 Å². The van der Waals surface area contributed by atoms with Gasteiger partial charge in [0.1, 0.15) is 0 Å². The summed E-state index contributed by atoms with van der Waals surface area (Å²) < 4.78 is 5.79. The number of methoxy groups -OCH3 is 1. The first-order chi connectivity index (χ1) is 6.69. The number of hydrogen-bond donors (Lipinski definition) is 1. The Bertz CT molecular complexity index is 350. The van der Waals surface area contributed by atoms with Crippen molar-refractivity contribution in [1.29, 1.82) is 0 Å². The highest BCUT2D eigenvalue weighted by molar-refractivity contribution is 14.1. The summed E-state index contributed by atoms with van der Waals surface area (Å²) in [5.41, 5.74) is 0.963. The Labute approximate surface area is 102 Å². The van der Waals surface area contributed by atoms with Gasteiger partial charge in [0, 0.05) is 5.88 Å². The number of benzene rings is 1. The number of allylic oxidation sites excluding steroid dienone is 1. The van der Waals surface area contributed by atoms with Gasteiger partial charge in [-0.25, -0.2) is 0 Å². The molecule has 1 rings (SSSR count). The summed E-state index contributed by atoms with van der Waals surface area (Å²) >= 11 is 7.58. The molecule has 1 N–H and O–H groups in total. The molecule has 76 valence electrons. The summed E-state index contributed by atoms with van der Waals surface area (Å²) in [6.45, 7) is 0. The summed E-state index contributed by atoms with van der Waals surface area (Å²) in [6, 6.07) is 3.63. The van der Waals surface area contributed by atoms with Gasteiger partial charge in [0.15, 0.2) is 11.5 Å². The summed E-state index contributed by atoms with van der Waals surface area (Å²) in [5.74, 6) is 1.13. The average Bonchev–Trinajstić information content (AvgIpc) is 2.19. The Balaban J connectivity index is 3.09. The molecule has 1 aromatic carbocycles. The molecular weight excluding hydrogens is 314 g/mol. The molecule has 2 nitrogen and oxygen atoms in total. The minimum absolute atomic E-state index is 0.177. The highest BCUT2D eigenvalue weighted by atomic mass is 127. The van der Waals surface area contributed by atoms with Gasteiger partial charge in [0.05, 0.1) is 10.7 Å². The zero-order valence-corrected chi connectivity index (χ0v) is 10.5. The van der Waals surface area contributed by atoms with Crippen molar-refractivity contribution in [2.45, 2.75) is 0 Å². The van der Waals surface area contributed by atoms with Gasteiger partial charge >= 0.3 is 0 Å². The van der Waals surface area contributed by atoms with Crippen LogP contribution in [0.1, 0.15) is 5.56 Å². The molecule has 0 unspecified atom stereocenters. The number of halogens is 2. The van der Waals surface area contributed by atoms with E-state index in [-0.39, 0.29) is 5.75 Å². The minimum Gasteiger partial charge on any atom is -0.504 e.